The Morgan fingerprint density at radius 2 is 1.73 bits per heavy atom. The number of ketones is 1. The molecule has 1 heterocycles. The van der Waals surface area contributed by atoms with Crippen LogP contribution in [0.3, 0.4) is 0 Å². The molecule has 144 valence electrons. The molecule has 1 aliphatic carbocycles. The van der Waals surface area contributed by atoms with Crippen LogP contribution in [0.5, 0.6) is 0 Å². The summed E-state index contributed by atoms with van der Waals surface area (Å²) >= 11 is 0. The molecule has 1 unspecified atom stereocenters. The molecule has 0 saturated heterocycles. The molecule has 6 nitrogen and oxygen atoms in total. The molecule has 1 saturated carbocycles. The maximum absolute atomic E-state index is 13.3. The summed E-state index contributed by atoms with van der Waals surface area (Å²) in [5, 5.41) is 0. The Morgan fingerprint density at radius 1 is 1.15 bits per heavy atom. The Balaban J connectivity index is 2.40. The first-order valence-corrected chi connectivity index (χ1v) is 9.29. The minimum absolute atomic E-state index is 0.0721. The van der Waals surface area contributed by atoms with Crippen molar-refractivity contribution in [2.24, 2.45) is 7.05 Å². The third kappa shape index (κ3) is 3.55. The normalized spacial score (nSPS) is 16.2. The van der Waals surface area contributed by atoms with Crippen molar-refractivity contribution in [2.75, 3.05) is 7.11 Å². The maximum atomic E-state index is 13.3. The molecule has 1 atom stereocenters. The second kappa shape index (κ2) is 8.06. The highest BCUT2D eigenvalue weighted by Crippen LogP contribution is 2.28. The number of carbonyl (C=O) groups excluding carboxylic acids is 3. The van der Waals surface area contributed by atoms with E-state index >= 15 is 0 Å². The second-order valence-electron chi connectivity index (χ2n) is 7.24. The third-order valence-electron chi connectivity index (χ3n) is 5.68. The van der Waals surface area contributed by atoms with Gasteiger partial charge in [0, 0.05) is 31.3 Å². The van der Waals surface area contributed by atoms with E-state index in [4.69, 9.17) is 4.74 Å². The van der Waals surface area contributed by atoms with E-state index < -0.39 is 12.0 Å². The van der Waals surface area contributed by atoms with Crippen molar-refractivity contribution in [1.82, 2.24) is 9.47 Å². The average molecular weight is 362 g/mol. The van der Waals surface area contributed by atoms with Crippen LogP contribution in [0.1, 0.15) is 78.1 Å². The van der Waals surface area contributed by atoms with Gasteiger partial charge in [-0.1, -0.05) is 19.3 Å². The summed E-state index contributed by atoms with van der Waals surface area (Å²) in [5.41, 5.74) is 2.22. The van der Waals surface area contributed by atoms with Crippen molar-refractivity contribution in [3.05, 3.63) is 22.5 Å². The minimum Gasteiger partial charge on any atom is -0.464 e. The Labute approximate surface area is 155 Å². The van der Waals surface area contributed by atoms with Gasteiger partial charge in [0.05, 0.1) is 13.2 Å². The first-order valence-electron chi connectivity index (χ1n) is 9.29. The highest BCUT2D eigenvalue weighted by atomic mass is 16.5. The lowest BCUT2D eigenvalue weighted by Crippen LogP contribution is -2.49. The molecule has 0 N–H and O–H groups in total. The zero-order chi connectivity index (χ0) is 19.6. The van der Waals surface area contributed by atoms with E-state index in [1.54, 1.807) is 30.4 Å². The number of carbonyl (C=O) groups is 3. The van der Waals surface area contributed by atoms with Gasteiger partial charge in [-0.2, -0.15) is 0 Å². The van der Waals surface area contributed by atoms with Gasteiger partial charge in [0.15, 0.2) is 5.78 Å². The van der Waals surface area contributed by atoms with Crippen LogP contribution in [0.15, 0.2) is 0 Å². The number of nitrogens with zero attached hydrogens (tertiary/aromatic N) is 2. The minimum atomic E-state index is -0.555. The molecule has 0 bridgehead atoms. The number of Topliss-reactive ketones (excluding diaryl/α,β-unsaturated/α-hetero) is 1. The van der Waals surface area contributed by atoms with E-state index in [0.29, 0.717) is 22.5 Å². The lowest BCUT2D eigenvalue weighted by Gasteiger charge is -2.37. The molecule has 1 aliphatic rings. The molecule has 1 aromatic rings. The summed E-state index contributed by atoms with van der Waals surface area (Å²) in [4.78, 5) is 39.4. The van der Waals surface area contributed by atoms with E-state index in [0.717, 1.165) is 25.7 Å². The molecule has 0 aliphatic heterocycles. The quantitative estimate of drug-likeness (QED) is 0.596. The second-order valence-corrected chi connectivity index (χ2v) is 7.24. The van der Waals surface area contributed by atoms with Crippen LogP contribution in [0.25, 0.3) is 0 Å². The summed E-state index contributed by atoms with van der Waals surface area (Å²) in [7, 11) is 3.08. The van der Waals surface area contributed by atoms with Crippen molar-refractivity contribution in [3.8, 4) is 0 Å². The lowest BCUT2D eigenvalue weighted by molar-refractivity contribution is -0.133. The molecule has 0 spiro atoms. The monoisotopic (exact) mass is 362 g/mol. The molecule has 1 fully saturated rings. The zero-order valence-electron chi connectivity index (χ0n) is 16.7. The highest BCUT2D eigenvalue weighted by molar-refractivity contribution is 6.06. The van der Waals surface area contributed by atoms with Crippen molar-refractivity contribution in [1.29, 1.82) is 0 Å². The van der Waals surface area contributed by atoms with E-state index in [-0.39, 0.29) is 17.7 Å². The predicted molar refractivity (Wildman–Crippen MR) is 99.4 cm³/mol. The van der Waals surface area contributed by atoms with Gasteiger partial charge in [0.2, 0.25) is 5.91 Å². The zero-order valence-corrected chi connectivity index (χ0v) is 16.7. The lowest BCUT2D eigenvalue weighted by atomic mass is 9.91. The number of hydrogen-bond acceptors (Lipinski definition) is 4. The van der Waals surface area contributed by atoms with Gasteiger partial charge in [-0.25, -0.2) is 4.79 Å². The van der Waals surface area contributed by atoms with Crippen molar-refractivity contribution in [3.63, 3.8) is 0 Å². The molecular formula is C20H30N2O4. The first kappa shape index (κ1) is 20.2. The van der Waals surface area contributed by atoms with Gasteiger partial charge in [0.1, 0.15) is 5.69 Å². The van der Waals surface area contributed by atoms with Crippen LogP contribution >= 0.6 is 0 Å². The summed E-state index contributed by atoms with van der Waals surface area (Å²) in [6.45, 7) is 6.90. The Hall–Kier alpha value is -2.11. The van der Waals surface area contributed by atoms with E-state index in [1.165, 1.54) is 20.5 Å². The summed E-state index contributed by atoms with van der Waals surface area (Å²) in [5.74, 6) is -0.654. The van der Waals surface area contributed by atoms with Crippen LogP contribution in [-0.2, 0) is 16.6 Å². The first-order chi connectivity index (χ1) is 12.2. The number of amides is 1. The standard InChI is InChI=1S/C20H30N2O4/c1-12-17(13(2)21(5)18(12)20(25)26-6)19(24)14(3)22(15(4)23)16-10-8-7-9-11-16/h14,16H,7-11H2,1-6H3. The van der Waals surface area contributed by atoms with Crippen LogP contribution in [0.2, 0.25) is 0 Å². The Kier molecular flexibility index (Phi) is 6.26. The fourth-order valence-corrected chi connectivity index (χ4v) is 4.27. The highest BCUT2D eigenvalue weighted by Gasteiger charge is 2.34. The number of methoxy groups -OCH3 is 1. The van der Waals surface area contributed by atoms with Gasteiger partial charge >= 0.3 is 5.97 Å². The van der Waals surface area contributed by atoms with Crippen LogP contribution in [0, 0.1) is 13.8 Å². The smallest absolute Gasteiger partial charge is 0.354 e. The van der Waals surface area contributed by atoms with Crippen LogP contribution in [0.4, 0.5) is 0 Å². The molecule has 1 aromatic heterocycles. The van der Waals surface area contributed by atoms with Gasteiger partial charge in [-0.15, -0.1) is 0 Å². The van der Waals surface area contributed by atoms with Crippen molar-refractivity contribution in [2.45, 2.75) is 71.9 Å². The average Bonchev–Trinajstić information content (AvgIpc) is 2.83. The van der Waals surface area contributed by atoms with Gasteiger partial charge in [-0.3, -0.25) is 9.59 Å². The molecule has 0 radical (unpaired) electrons. The number of ether oxygens (including phenoxy) is 1. The van der Waals surface area contributed by atoms with E-state index in [2.05, 4.69) is 0 Å². The fraction of sp³-hybridized carbons (Fsp3) is 0.650. The molecule has 2 rings (SSSR count). The predicted octanol–water partition coefficient (Wildman–Crippen LogP) is 3.18. The summed E-state index contributed by atoms with van der Waals surface area (Å²) < 4.78 is 6.55. The topological polar surface area (TPSA) is 68.6 Å². The Bertz CT molecular complexity index is 714. The number of aromatic nitrogens is 1. The maximum Gasteiger partial charge on any atom is 0.354 e. The van der Waals surface area contributed by atoms with Gasteiger partial charge < -0.3 is 14.2 Å². The summed E-state index contributed by atoms with van der Waals surface area (Å²) in [6, 6.07) is -0.439. The van der Waals surface area contributed by atoms with E-state index in [9.17, 15) is 14.4 Å². The molecule has 0 aromatic carbocycles. The van der Waals surface area contributed by atoms with Crippen LogP contribution < -0.4 is 0 Å². The van der Waals surface area contributed by atoms with Gasteiger partial charge in [-0.05, 0) is 39.2 Å². The van der Waals surface area contributed by atoms with Crippen molar-refractivity contribution < 1.29 is 19.1 Å². The number of esters is 1. The molecule has 26 heavy (non-hydrogen) atoms. The molecule has 6 heteroatoms. The largest absolute Gasteiger partial charge is 0.464 e. The fourth-order valence-electron chi connectivity index (χ4n) is 4.27. The number of hydrogen-bond donors (Lipinski definition) is 0. The van der Waals surface area contributed by atoms with Gasteiger partial charge in [0.25, 0.3) is 0 Å². The third-order valence-corrected chi connectivity index (χ3v) is 5.68. The molecular weight excluding hydrogens is 332 g/mol. The Morgan fingerprint density at radius 3 is 2.23 bits per heavy atom. The van der Waals surface area contributed by atoms with E-state index in [1.807, 2.05) is 6.92 Å². The number of rotatable bonds is 5. The SMILES string of the molecule is COC(=O)c1c(C)c(C(=O)C(C)N(C(C)=O)C2CCCCC2)c(C)n1C. The van der Waals surface area contributed by atoms with Crippen molar-refractivity contribution >= 4 is 17.7 Å². The molecule has 1 amide bonds. The summed E-state index contributed by atoms with van der Waals surface area (Å²) in [6.07, 6.45) is 5.25. The van der Waals surface area contributed by atoms with Crippen LogP contribution in [-0.4, -0.2) is 46.3 Å².